The van der Waals surface area contributed by atoms with Gasteiger partial charge in [0.2, 0.25) is 6.79 Å². The molecule has 0 radical (unpaired) electrons. The summed E-state index contributed by atoms with van der Waals surface area (Å²) >= 11 is 1.61. The Hall–Kier alpha value is -5.18. The number of aliphatic hydroxyl groups is 1. The number of rotatable bonds is 11. The summed E-state index contributed by atoms with van der Waals surface area (Å²) in [5.74, 6) is 2.04. The molecule has 4 aliphatic rings. The number of H-pyrrole nitrogens is 1. The molecule has 4 aromatic rings. The van der Waals surface area contributed by atoms with E-state index in [9.17, 15) is 25.1 Å². The van der Waals surface area contributed by atoms with E-state index < -0.39 is 40.9 Å². The van der Waals surface area contributed by atoms with Gasteiger partial charge in [0.25, 0.3) is 6.47 Å². The topological polar surface area (TPSA) is 188 Å². The molecule has 0 amide bonds. The Morgan fingerprint density at radius 1 is 1.12 bits per heavy atom. The molecule has 7 atom stereocenters. The van der Waals surface area contributed by atoms with E-state index in [0.717, 1.165) is 39.0 Å². The van der Waals surface area contributed by atoms with Crippen LogP contribution in [0.15, 0.2) is 24.3 Å². The van der Waals surface area contributed by atoms with E-state index in [1.807, 2.05) is 57.1 Å². The number of ether oxygens (including phenoxy) is 6. The average Bonchev–Trinajstić information content (AvgIpc) is 3.83. The highest BCUT2D eigenvalue weighted by molar-refractivity contribution is 7.99. The van der Waals surface area contributed by atoms with Crippen LogP contribution in [0.5, 0.6) is 34.5 Å². The maximum absolute atomic E-state index is 13.1. The third-order valence-corrected chi connectivity index (χ3v) is 14.2. The number of thioether (sulfide) groups is 1. The highest BCUT2D eigenvalue weighted by Crippen LogP contribution is 2.62. The molecule has 0 fully saturated rings. The van der Waals surface area contributed by atoms with Crippen LogP contribution >= 0.6 is 11.8 Å². The lowest BCUT2D eigenvalue weighted by Crippen LogP contribution is -2.57. The first kappa shape index (κ1) is 41.5. The van der Waals surface area contributed by atoms with Gasteiger partial charge in [0.15, 0.2) is 23.0 Å². The lowest BCUT2D eigenvalue weighted by Gasteiger charge is -2.52. The monoisotopic (exact) mass is 841 g/mol. The third-order valence-electron chi connectivity index (χ3n) is 12.6. The van der Waals surface area contributed by atoms with Gasteiger partial charge in [-0.1, -0.05) is 6.07 Å². The van der Waals surface area contributed by atoms with Gasteiger partial charge < -0.3 is 53.8 Å². The fourth-order valence-electron chi connectivity index (χ4n) is 10.2. The van der Waals surface area contributed by atoms with Gasteiger partial charge in [-0.25, -0.2) is 0 Å². The van der Waals surface area contributed by atoms with Crippen molar-refractivity contribution in [3.8, 4) is 40.6 Å². The molecule has 3 aromatic carbocycles. The summed E-state index contributed by atoms with van der Waals surface area (Å²) < 4.78 is 35.5. The van der Waals surface area contributed by atoms with Crippen molar-refractivity contribution in [3.05, 3.63) is 68.9 Å². The van der Waals surface area contributed by atoms with E-state index in [1.165, 1.54) is 14.0 Å². The van der Waals surface area contributed by atoms with Gasteiger partial charge in [-0.05, 0) is 76.2 Å². The molecule has 0 spiro atoms. The zero-order valence-corrected chi connectivity index (χ0v) is 35.8. The largest absolute Gasteiger partial charge is 0.504 e. The van der Waals surface area contributed by atoms with Crippen molar-refractivity contribution in [1.29, 1.82) is 5.26 Å². The SMILES string of the molecule is COc1ccc2[nH]c3c(c2c1)C[C@H](CO)N[C@]3(C)CS[C@@H]1c2c(OC(C)=O)c(C)c3c(c2[C@H](COC=O)N2[C@@H]1[C@@H](N(C)C)c1c(cc(C)c(OC)c1O)C[C@@H]2C#N)OCO3. The Morgan fingerprint density at radius 2 is 1.88 bits per heavy atom. The van der Waals surface area contributed by atoms with Gasteiger partial charge in [0.05, 0.1) is 49.8 Å². The van der Waals surface area contributed by atoms with Crippen molar-refractivity contribution < 1.29 is 48.2 Å². The Morgan fingerprint density at radius 3 is 2.55 bits per heavy atom. The number of nitrogens with zero attached hydrogens (tertiary/aromatic N) is 3. The normalized spacial score (nSPS) is 25.4. The molecule has 5 heterocycles. The van der Waals surface area contributed by atoms with Gasteiger partial charge in [0.1, 0.15) is 24.1 Å². The zero-order valence-electron chi connectivity index (χ0n) is 35.0. The summed E-state index contributed by atoms with van der Waals surface area (Å²) in [7, 11) is 7.01. The first-order valence-corrected chi connectivity index (χ1v) is 21.0. The number of phenols is 1. The second-order valence-electron chi connectivity index (χ2n) is 16.4. The summed E-state index contributed by atoms with van der Waals surface area (Å²) in [5.41, 5.74) is 6.14. The Bertz CT molecular complexity index is 2410. The van der Waals surface area contributed by atoms with Crippen LogP contribution < -0.4 is 29.0 Å². The number of aromatic nitrogens is 1. The van der Waals surface area contributed by atoms with Crippen LogP contribution in [0.25, 0.3) is 10.9 Å². The third kappa shape index (κ3) is 6.58. The van der Waals surface area contributed by atoms with Crippen LogP contribution in [0, 0.1) is 25.2 Å². The number of methoxy groups -OCH3 is 2. The number of benzene rings is 3. The van der Waals surface area contributed by atoms with Gasteiger partial charge in [-0.15, -0.1) is 11.8 Å². The minimum absolute atomic E-state index is 0.0214. The molecule has 0 bridgehead atoms. The van der Waals surface area contributed by atoms with Crippen molar-refractivity contribution in [2.45, 2.75) is 81.5 Å². The Balaban J connectivity index is 1.41. The van der Waals surface area contributed by atoms with Crippen LogP contribution in [0.4, 0.5) is 0 Å². The molecule has 318 valence electrons. The number of hydrogen-bond acceptors (Lipinski definition) is 15. The maximum atomic E-state index is 13.1. The van der Waals surface area contributed by atoms with Crippen LogP contribution in [0.3, 0.4) is 0 Å². The standard InChI is InChI=1S/C44H51N5O10S/c1-21-11-24-12-26(15-45)49-31(17-56-19-51)33-34(39(59-23(3)52)22(2)40-41(33)58-20-57-40)42(36(49)35(48(5)6)32(24)37(53)38(21)55-8)60-18-44(4)43-29(13-25(16-50)47-44)28-14-27(54-7)9-10-30(28)46-43/h9-11,14,19,25-26,31,35-36,42,46-47,50,53H,12-13,16-18,20H2,1-8H3/t25-,26-,31+,35+,36-,42-,44-/m1/s1. The Kier molecular flexibility index (Phi) is 11.1. The van der Waals surface area contributed by atoms with Gasteiger partial charge in [-0.2, -0.15) is 5.26 Å². The number of carbonyl (C=O) groups is 2. The van der Waals surface area contributed by atoms with Gasteiger partial charge >= 0.3 is 5.97 Å². The number of aryl methyl sites for hydroxylation is 1. The van der Waals surface area contributed by atoms with E-state index in [0.29, 0.717) is 63.9 Å². The molecule has 0 saturated heterocycles. The molecule has 16 heteroatoms. The number of aliphatic hydroxyl groups excluding tert-OH is 1. The lowest BCUT2D eigenvalue weighted by atomic mass is 9.80. The zero-order chi connectivity index (χ0) is 42.8. The summed E-state index contributed by atoms with van der Waals surface area (Å²) in [6.45, 7) is 7.17. The molecule has 0 saturated carbocycles. The van der Waals surface area contributed by atoms with Gasteiger partial charge in [-0.3, -0.25) is 14.5 Å². The first-order chi connectivity index (χ1) is 28.8. The number of carbonyl (C=O) groups excluding carboxylic acids is 2. The van der Waals surface area contributed by atoms with Crippen molar-refractivity contribution in [1.82, 2.24) is 20.1 Å². The summed E-state index contributed by atoms with van der Waals surface area (Å²) in [6.07, 6.45) is 0.820. The fraction of sp³-hybridized carbons (Fsp3) is 0.477. The lowest BCUT2D eigenvalue weighted by molar-refractivity contribution is -0.132. The minimum Gasteiger partial charge on any atom is -0.504 e. The van der Waals surface area contributed by atoms with Crippen LogP contribution in [0.1, 0.15) is 75.8 Å². The smallest absolute Gasteiger partial charge is 0.308 e. The van der Waals surface area contributed by atoms with Crippen LogP contribution in [0.2, 0.25) is 0 Å². The number of aromatic amines is 1. The molecule has 60 heavy (non-hydrogen) atoms. The number of aromatic hydroxyl groups is 1. The number of fused-ring (bicyclic) bond motifs is 8. The average molecular weight is 842 g/mol. The fourth-order valence-corrected chi connectivity index (χ4v) is 11.9. The summed E-state index contributed by atoms with van der Waals surface area (Å²) in [5, 5.41) is 38.2. The molecule has 4 N–H and O–H groups in total. The molecule has 1 aromatic heterocycles. The molecule has 0 aliphatic carbocycles. The van der Waals surface area contributed by atoms with E-state index in [1.54, 1.807) is 18.9 Å². The van der Waals surface area contributed by atoms with Crippen molar-refractivity contribution in [2.75, 3.05) is 54.1 Å². The summed E-state index contributed by atoms with van der Waals surface area (Å²) in [6, 6.07) is 7.41. The second-order valence-corrected chi connectivity index (χ2v) is 17.5. The first-order valence-electron chi connectivity index (χ1n) is 19.9. The molecular formula is C44H51N5O10S. The number of nitriles is 1. The van der Waals surface area contributed by atoms with Crippen molar-refractivity contribution in [3.63, 3.8) is 0 Å². The molecule has 4 aliphatic heterocycles. The van der Waals surface area contributed by atoms with E-state index in [2.05, 4.69) is 28.2 Å². The quantitative estimate of drug-likeness (QED) is 0.0896. The van der Waals surface area contributed by atoms with E-state index in [4.69, 9.17) is 28.4 Å². The number of likely N-dealkylation sites (N-methyl/N-ethyl adjacent to an activating group) is 1. The second kappa shape index (κ2) is 16.0. The van der Waals surface area contributed by atoms with E-state index >= 15 is 0 Å². The van der Waals surface area contributed by atoms with Gasteiger partial charge in [0, 0.05) is 70.0 Å². The van der Waals surface area contributed by atoms with Crippen molar-refractivity contribution >= 4 is 35.1 Å². The predicted octanol–water partition coefficient (Wildman–Crippen LogP) is 5.01. The highest BCUT2D eigenvalue weighted by atomic mass is 32.2. The summed E-state index contributed by atoms with van der Waals surface area (Å²) in [4.78, 5) is 33.0. The van der Waals surface area contributed by atoms with Crippen molar-refractivity contribution in [2.24, 2.45) is 0 Å². The molecule has 8 rings (SSSR count). The highest BCUT2D eigenvalue weighted by Gasteiger charge is 2.56. The molecule has 0 unspecified atom stereocenters. The number of phenolic OH excluding ortho intramolecular Hbond substituents is 1. The molecular weight excluding hydrogens is 791 g/mol. The number of hydrogen-bond donors (Lipinski definition) is 4. The number of nitrogens with one attached hydrogen (secondary N) is 2. The maximum Gasteiger partial charge on any atom is 0.308 e. The minimum atomic E-state index is -0.795. The van der Waals surface area contributed by atoms with Crippen LogP contribution in [-0.4, -0.2) is 110 Å². The Labute approximate surface area is 352 Å². The number of esters is 1. The molecule has 15 nitrogen and oxygen atoms in total. The predicted molar refractivity (Wildman–Crippen MR) is 223 cm³/mol. The van der Waals surface area contributed by atoms with E-state index in [-0.39, 0.29) is 38.2 Å². The van der Waals surface area contributed by atoms with Crippen LogP contribution in [-0.2, 0) is 32.7 Å².